The lowest BCUT2D eigenvalue weighted by atomic mass is 9.67. The van der Waals surface area contributed by atoms with E-state index >= 15 is 0 Å². The average Bonchev–Trinajstić information content (AvgIpc) is 2.92. The molecular formula is C16H32ClN3O2S. The zero-order valence-electron chi connectivity index (χ0n) is 14.2. The highest BCUT2D eigenvalue weighted by molar-refractivity contribution is 7.89. The normalized spacial score (nSPS) is 28.5. The van der Waals surface area contributed by atoms with Gasteiger partial charge in [-0.1, -0.05) is 6.92 Å². The Bertz CT molecular complexity index is 464. The summed E-state index contributed by atoms with van der Waals surface area (Å²) in [4.78, 5) is 2.61. The van der Waals surface area contributed by atoms with Crippen LogP contribution in [0.2, 0.25) is 0 Å². The predicted octanol–water partition coefficient (Wildman–Crippen LogP) is 1.59. The minimum Gasteiger partial charge on any atom is -0.316 e. The molecule has 136 valence electrons. The fourth-order valence-corrected chi connectivity index (χ4v) is 5.91. The van der Waals surface area contributed by atoms with E-state index < -0.39 is 10.0 Å². The highest BCUT2D eigenvalue weighted by Crippen LogP contribution is 2.44. The van der Waals surface area contributed by atoms with Gasteiger partial charge < -0.3 is 10.2 Å². The van der Waals surface area contributed by atoms with E-state index in [-0.39, 0.29) is 24.2 Å². The minimum atomic E-state index is -3.05. The van der Waals surface area contributed by atoms with E-state index in [1.54, 1.807) is 0 Å². The molecule has 1 atom stereocenters. The van der Waals surface area contributed by atoms with Crippen LogP contribution in [0.1, 0.15) is 45.4 Å². The Labute approximate surface area is 147 Å². The molecule has 7 heteroatoms. The van der Waals surface area contributed by atoms with Crippen molar-refractivity contribution in [1.82, 2.24) is 14.9 Å². The molecule has 2 heterocycles. The fraction of sp³-hybridized carbons (Fsp3) is 1.00. The Kier molecular flexibility index (Phi) is 6.76. The van der Waals surface area contributed by atoms with Gasteiger partial charge in [-0.15, -0.1) is 12.4 Å². The first-order valence-corrected chi connectivity index (χ1v) is 10.6. The molecule has 0 aromatic rings. The number of hydrogen-bond acceptors (Lipinski definition) is 4. The molecule has 1 unspecified atom stereocenters. The number of likely N-dealkylation sites (tertiary alicyclic amines) is 1. The molecule has 0 aromatic heterocycles. The number of hydrogen-bond donors (Lipinski definition) is 2. The molecule has 1 saturated carbocycles. The molecule has 2 N–H and O–H groups in total. The molecule has 2 aliphatic heterocycles. The van der Waals surface area contributed by atoms with Gasteiger partial charge in [0, 0.05) is 25.7 Å². The minimum absolute atomic E-state index is 0. The first-order valence-electron chi connectivity index (χ1n) is 8.93. The smallest absolute Gasteiger partial charge is 0.211 e. The zero-order chi connectivity index (χ0) is 15.6. The van der Waals surface area contributed by atoms with Gasteiger partial charge in [0.05, 0.1) is 5.75 Å². The van der Waals surface area contributed by atoms with Crippen LogP contribution in [0, 0.1) is 11.3 Å². The van der Waals surface area contributed by atoms with E-state index in [1.807, 2.05) is 6.92 Å². The van der Waals surface area contributed by atoms with Crippen molar-refractivity contribution in [2.75, 3.05) is 38.5 Å². The van der Waals surface area contributed by atoms with Crippen molar-refractivity contribution in [3.05, 3.63) is 0 Å². The maximum Gasteiger partial charge on any atom is 0.211 e. The van der Waals surface area contributed by atoms with Crippen LogP contribution in [0.3, 0.4) is 0 Å². The van der Waals surface area contributed by atoms with Crippen molar-refractivity contribution in [3.8, 4) is 0 Å². The first kappa shape index (κ1) is 19.4. The summed E-state index contributed by atoms with van der Waals surface area (Å²) in [6, 6.07) is 0.176. The van der Waals surface area contributed by atoms with Crippen molar-refractivity contribution in [3.63, 3.8) is 0 Å². The van der Waals surface area contributed by atoms with E-state index in [9.17, 15) is 8.42 Å². The molecule has 0 amide bonds. The van der Waals surface area contributed by atoms with Gasteiger partial charge in [0.25, 0.3) is 0 Å². The number of rotatable bonds is 6. The standard InChI is InChI=1S/C16H31N3O2S.ClH/c1-2-9-22(20,21)18-15-3-6-16(7-4-15)12-19(13-16)11-14-5-8-17-10-14;/h14-15,17-18H,2-13H2,1H3;1H. The Morgan fingerprint density at radius 2 is 1.91 bits per heavy atom. The van der Waals surface area contributed by atoms with Gasteiger partial charge >= 0.3 is 0 Å². The summed E-state index contributed by atoms with van der Waals surface area (Å²) in [5, 5.41) is 3.44. The molecule has 3 aliphatic rings. The van der Waals surface area contributed by atoms with Crippen molar-refractivity contribution in [1.29, 1.82) is 0 Å². The Balaban J connectivity index is 0.00000192. The van der Waals surface area contributed by atoms with Gasteiger partial charge in [-0.2, -0.15) is 0 Å². The third kappa shape index (κ3) is 5.05. The van der Waals surface area contributed by atoms with Crippen LogP contribution in [0.15, 0.2) is 0 Å². The monoisotopic (exact) mass is 365 g/mol. The topological polar surface area (TPSA) is 61.4 Å². The van der Waals surface area contributed by atoms with E-state index in [0.29, 0.717) is 11.8 Å². The summed E-state index contributed by atoms with van der Waals surface area (Å²) in [6.45, 7) is 8.00. The van der Waals surface area contributed by atoms with Crippen LogP contribution < -0.4 is 10.0 Å². The third-order valence-electron chi connectivity index (χ3n) is 5.66. The second-order valence-electron chi connectivity index (χ2n) is 7.74. The highest BCUT2D eigenvalue weighted by Gasteiger charge is 2.45. The zero-order valence-corrected chi connectivity index (χ0v) is 15.9. The molecule has 2 saturated heterocycles. The number of halogens is 1. The molecule has 23 heavy (non-hydrogen) atoms. The molecular weight excluding hydrogens is 334 g/mol. The van der Waals surface area contributed by atoms with Gasteiger partial charge in [-0.3, -0.25) is 0 Å². The van der Waals surface area contributed by atoms with E-state index in [2.05, 4.69) is 14.9 Å². The molecule has 3 rings (SSSR count). The molecule has 3 fully saturated rings. The summed E-state index contributed by atoms with van der Waals surface area (Å²) in [7, 11) is -3.05. The van der Waals surface area contributed by atoms with E-state index in [0.717, 1.165) is 18.8 Å². The summed E-state index contributed by atoms with van der Waals surface area (Å²) in [5.41, 5.74) is 0.499. The molecule has 0 aromatic carbocycles. The van der Waals surface area contributed by atoms with Gasteiger partial charge in [-0.05, 0) is 62.9 Å². The van der Waals surface area contributed by atoms with E-state index in [4.69, 9.17) is 0 Å². The van der Waals surface area contributed by atoms with Crippen LogP contribution in [-0.4, -0.2) is 57.8 Å². The summed E-state index contributed by atoms with van der Waals surface area (Å²) >= 11 is 0. The number of sulfonamides is 1. The molecule has 0 radical (unpaired) electrons. The lowest BCUT2D eigenvalue weighted by molar-refractivity contribution is -0.0387. The predicted molar refractivity (Wildman–Crippen MR) is 96.6 cm³/mol. The van der Waals surface area contributed by atoms with Crippen LogP contribution in [0.4, 0.5) is 0 Å². The summed E-state index contributed by atoms with van der Waals surface area (Å²) in [5.74, 6) is 1.10. The van der Waals surface area contributed by atoms with Crippen LogP contribution in [0.5, 0.6) is 0 Å². The third-order valence-corrected chi connectivity index (χ3v) is 7.30. The summed E-state index contributed by atoms with van der Waals surface area (Å²) < 4.78 is 26.6. The lowest BCUT2D eigenvalue weighted by Gasteiger charge is -2.54. The fourth-order valence-electron chi connectivity index (χ4n) is 4.51. The van der Waals surface area contributed by atoms with Crippen LogP contribution in [-0.2, 0) is 10.0 Å². The van der Waals surface area contributed by atoms with Crippen molar-refractivity contribution < 1.29 is 8.42 Å². The second-order valence-corrected chi connectivity index (χ2v) is 9.61. The van der Waals surface area contributed by atoms with Crippen LogP contribution in [0.25, 0.3) is 0 Å². The van der Waals surface area contributed by atoms with Gasteiger partial charge in [-0.25, -0.2) is 13.1 Å². The molecule has 5 nitrogen and oxygen atoms in total. The van der Waals surface area contributed by atoms with Gasteiger partial charge in [0.2, 0.25) is 10.0 Å². The number of nitrogens with zero attached hydrogens (tertiary/aromatic N) is 1. The van der Waals surface area contributed by atoms with Gasteiger partial charge in [0.1, 0.15) is 0 Å². The molecule has 1 spiro atoms. The number of nitrogens with one attached hydrogen (secondary N) is 2. The largest absolute Gasteiger partial charge is 0.316 e. The Hall–Kier alpha value is 0.120. The Morgan fingerprint density at radius 3 is 2.48 bits per heavy atom. The van der Waals surface area contributed by atoms with E-state index in [1.165, 1.54) is 52.0 Å². The second kappa shape index (κ2) is 8.00. The van der Waals surface area contributed by atoms with Crippen molar-refractivity contribution >= 4 is 22.4 Å². The first-order chi connectivity index (χ1) is 10.5. The maximum atomic E-state index is 11.9. The molecule has 0 bridgehead atoms. The maximum absolute atomic E-state index is 11.9. The van der Waals surface area contributed by atoms with Crippen molar-refractivity contribution in [2.24, 2.45) is 11.3 Å². The lowest BCUT2D eigenvalue weighted by Crippen LogP contribution is -2.59. The van der Waals surface area contributed by atoms with Gasteiger partial charge in [0.15, 0.2) is 0 Å². The molecule has 1 aliphatic carbocycles. The van der Waals surface area contributed by atoms with Crippen molar-refractivity contribution in [2.45, 2.75) is 51.5 Å². The average molecular weight is 366 g/mol. The quantitative estimate of drug-likeness (QED) is 0.750. The SMILES string of the molecule is CCCS(=O)(=O)NC1CCC2(CC1)CN(CC1CCNC1)C2.Cl. The van der Waals surface area contributed by atoms with Crippen LogP contribution >= 0.6 is 12.4 Å². The Morgan fingerprint density at radius 1 is 1.22 bits per heavy atom. The highest BCUT2D eigenvalue weighted by atomic mass is 35.5. The summed E-state index contributed by atoms with van der Waals surface area (Å²) in [6.07, 6.45) is 6.42.